The summed E-state index contributed by atoms with van der Waals surface area (Å²) in [6.45, 7) is 0. The van der Waals surface area contributed by atoms with Gasteiger partial charge in [-0.15, -0.1) is 13.2 Å². The highest BCUT2D eigenvalue weighted by Crippen LogP contribution is 2.25. The first kappa shape index (κ1) is 10.7. The van der Waals surface area contributed by atoms with E-state index in [2.05, 4.69) is 4.74 Å². The van der Waals surface area contributed by atoms with Gasteiger partial charge in [-0.1, -0.05) is 11.6 Å². The quantitative estimate of drug-likeness (QED) is 0.769. The van der Waals surface area contributed by atoms with Crippen LogP contribution in [0.3, 0.4) is 0 Å². The fourth-order valence-electron chi connectivity index (χ4n) is 0.686. The number of ether oxygens (including phenoxy) is 1. The van der Waals surface area contributed by atoms with Gasteiger partial charge in [-0.05, 0) is 0 Å². The Kier molecular flexibility index (Phi) is 2.61. The number of halogens is 4. The van der Waals surface area contributed by atoms with Crippen LogP contribution in [0, 0.1) is 0 Å². The van der Waals surface area contributed by atoms with Crippen LogP contribution in [-0.4, -0.2) is 16.5 Å². The molecule has 8 heteroatoms. The van der Waals surface area contributed by atoms with Gasteiger partial charge in [0.05, 0.1) is 0 Å². The van der Waals surface area contributed by atoms with E-state index in [1.807, 2.05) is 0 Å². The monoisotopic (exact) mass is 229 g/mol. The van der Waals surface area contributed by atoms with Gasteiger partial charge in [-0.25, -0.2) is 0 Å². The molecule has 0 amide bonds. The number of hydrogen-bond acceptors (Lipinski definition) is 3. The fraction of sp³-hybridized carbons (Fsp3) is 0.167. The zero-order valence-corrected chi connectivity index (χ0v) is 7.11. The maximum absolute atomic E-state index is 11.6. The molecular formula is C6H3ClF3NO3. The SMILES string of the molecule is O=c1[nH]c(OC(F)(F)F)cc(O)c1Cl. The molecule has 0 spiro atoms. The normalized spacial score (nSPS) is 11.4. The van der Waals surface area contributed by atoms with E-state index in [0.29, 0.717) is 6.07 Å². The summed E-state index contributed by atoms with van der Waals surface area (Å²) in [6, 6.07) is 0.553. The molecule has 78 valence electrons. The van der Waals surface area contributed by atoms with Gasteiger partial charge in [-0.3, -0.25) is 9.78 Å². The summed E-state index contributed by atoms with van der Waals surface area (Å²) in [7, 11) is 0. The molecular weight excluding hydrogens is 227 g/mol. The van der Waals surface area contributed by atoms with Gasteiger partial charge in [0.25, 0.3) is 5.56 Å². The molecule has 1 rings (SSSR count). The van der Waals surface area contributed by atoms with E-state index in [0.717, 1.165) is 0 Å². The molecule has 0 aromatic carbocycles. The number of aromatic nitrogens is 1. The van der Waals surface area contributed by atoms with Crippen molar-refractivity contribution in [1.82, 2.24) is 4.98 Å². The van der Waals surface area contributed by atoms with Crippen LogP contribution in [0.25, 0.3) is 0 Å². The number of rotatable bonds is 1. The molecule has 0 aliphatic carbocycles. The lowest BCUT2D eigenvalue weighted by atomic mass is 10.4. The van der Waals surface area contributed by atoms with Crippen molar-refractivity contribution >= 4 is 11.6 Å². The lowest BCUT2D eigenvalue weighted by Gasteiger charge is -2.08. The van der Waals surface area contributed by atoms with Crippen molar-refractivity contribution in [3.63, 3.8) is 0 Å². The zero-order chi connectivity index (χ0) is 10.9. The molecule has 1 heterocycles. The first-order chi connectivity index (χ1) is 6.29. The van der Waals surface area contributed by atoms with Crippen LogP contribution in [-0.2, 0) is 0 Å². The summed E-state index contributed by atoms with van der Waals surface area (Å²) in [5, 5.41) is 8.28. The molecule has 0 saturated heterocycles. The zero-order valence-electron chi connectivity index (χ0n) is 6.35. The van der Waals surface area contributed by atoms with E-state index in [1.54, 1.807) is 4.98 Å². The van der Waals surface area contributed by atoms with E-state index < -0.39 is 28.6 Å². The van der Waals surface area contributed by atoms with Crippen molar-refractivity contribution in [1.29, 1.82) is 0 Å². The summed E-state index contributed by atoms with van der Waals surface area (Å²) in [4.78, 5) is 12.4. The number of nitrogens with one attached hydrogen (secondary N) is 1. The second-order valence-electron chi connectivity index (χ2n) is 2.21. The Morgan fingerprint density at radius 1 is 1.50 bits per heavy atom. The van der Waals surface area contributed by atoms with Crippen LogP contribution in [0.1, 0.15) is 0 Å². The Bertz CT molecular complexity index is 400. The number of hydrogen-bond donors (Lipinski definition) is 2. The first-order valence-corrected chi connectivity index (χ1v) is 3.55. The third-order valence-corrected chi connectivity index (χ3v) is 1.52. The summed E-state index contributed by atoms with van der Waals surface area (Å²) in [5.74, 6) is -1.71. The average Bonchev–Trinajstić information content (AvgIpc) is 1.96. The molecule has 0 bridgehead atoms. The molecule has 0 radical (unpaired) electrons. The van der Waals surface area contributed by atoms with Crippen molar-refractivity contribution in [2.45, 2.75) is 6.36 Å². The Labute approximate surface area is 79.9 Å². The van der Waals surface area contributed by atoms with Crippen LogP contribution in [0.15, 0.2) is 10.9 Å². The summed E-state index contributed by atoms with van der Waals surface area (Å²) < 4.78 is 38.3. The van der Waals surface area contributed by atoms with Crippen molar-refractivity contribution in [3.8, 4) is 11.6 Å². The number of aromatic hydroxyl groups is 1. The standard InChI is InChI=1S/C6H3ClF3NO3/c7-4-2(12)1-3(11-5(4)13)14-6(8,9)10/h1H,(H2,11,12,13). The van der Waals surface area contributed by atoms with Crippen molar-refractivity contribution < 1.29 is 23.0 Å². The van der Waals surface area contributed by atoms with Crippen molar-refractivity contribution in [3.05, 3.63) is 21.4 Å². The van der Waals surface area contributed by atoms with Crippen LogP contribution in [0.2, 0.25) is 5.02 Å². The fourth-order valence-corrected chi connectivity index (χ4v) is 0.788. The minimum absolute atomic E-state index is 0.553. The maximum Gasteiger partial charge on any atom is 0.574 e. The summed E-state index contributed by atoms with van der Waals surface area (Å²) in [5.41, 5.74) is -1.06. The Hall–Kier alpha value is -1.37. The molecule has 4 nitrogen and oxygen atoms in total. The van der Waals surface area contributed by atoms with Crippen LogP contribution >= 0.6 is 11.6 Å². The average molecular weight is 230 g/mol. The molecule has 1 aromatic rings. The van der Waals surface area contributed by atoms with E-state index in [4.69, 9.17) is 16.7 Å². The Balaban J connectivity index is 3.08. The molecule has 2 N–H and O–H groups in total. The molecule has 1 aromatic heterocycles. The Morgan fingerprint density at radius 2 is 2.07 bits per heavy atom. The minimum Gasteiger partial charge on any atom is -0.506 e. The predicted molar refractivity (Wildman–Crippen MR) is 40.4 cm³/mol. The van der Waals surface area contributed by atoms with Crippen LogP contribution in [0.4, 0.5) is 13.2 Å². The van der Waals surface area contributed by atoms with Gasteiger partial charge in [-0.2, -0.15) is 0 Å². The number of pyridine rings is 1. The maximum atomic E-state index is 11.6. The third kappa shape index (κ3) is 2.56. The topological polar surface area (TPSA) is 62.3 Å². The lowest BCUT2D eigenvalue weighted by molar-refractivity contribution is -0.276. The largest absolute Gasteiger partial charge is 0.574 e. The van der Waals surface area contributed by atoms with Gasteiger partial charge in [0.15, 0.2) is 0 Å². The highest BCUT2D eigenvalue weighted by molar-refractivity contribution is 6.31. The first-order valence-electron chi connectivity index (χ1n) is 3.17. The van der Waals surface area contributed by atoms with Crippen molar-refractivity contribution in [2.24, 2.45) is 0 Å². The molecule has 14 heavy (non-hydrogen) atoms. The van der Waals surface area contributed by atoms with Gasteiger partial charge in [0.2, 0.25) is 5.88 Å². The molecule has 0 aliphatic rings. The third-order valence-electron chi connectivity index (χ3n) is 1.15. The summed E-state index contributed by atoms with van der Waals surface area (Å²) >= 11 is 5.19. The van der Waals surface area contributed by atoms with Crippen molar-refractivity contribution in [2.75, 3.05) is 0 Å². The Morgan fingerprint density at radius 3 is 2.50 bits per heavy atom. The highest BCUT2D eigenvalue weighted by Gasteiger charge is 2.32. The van der Waals surface area contributed by atoms with E-state index in [9.17, 15) is 18.0 Å². The van der Waals surface area contributed by atoms with Crippen LogP contribution in [0.5, 0.6) is 11.6 Å². The molecule has 0 atom stereocenters. The second kappa shape index (κ2) is 3.41. The van der Waals surface area contributed by atoms with Gasteiger partial charge >= 0.3 is 6.36 Å². The predicted octanol–water partition coefficient (Wildman–Crippen LogP) is 1.63. The molecule has 0 saturated carbocycles. The van der Waals surface area contributed by atoms with E-state index in [1.165, 1.54) is 0 Å². The smallest absolute Gasteiger partial charge is 0.506 e. The highest BCUT2D eigenvalue weighted by atomic mass is 35.5. The van der Waals surface area contributed by atoms with Gasteiger partial charge in [0.1, 0.15) is 10.8 Å². The van der Waals surface area contributed by atoms with Gasteiger partial charge < -0.3 is 9.84 Å². The number of H-pyrrole nitrogens is 1. The minimum atomic E-state index is -4.94. The number of alkyl halides is 3. The summed E-state index contributed by atoms with van der Waals surface area (Å²) in [6.07, 6.45) is -4.94. The van der Waals surface area contributed by atoms with Crippen LogP contribution < -0.4 is 10.3 Å². The molecule has 0 unspecified atom stereocenters. The van der Waals surface area contributed by atoms with Gasteiger partial charge in [0, 0.05) is 6.07 Å². The lowest BCUT2D eigenvalue weighted by Crippen LogP contribution is -2.20. The molecule has 0 aliphatic heterocycles. The van der Waals surface area contributed by atoms with E-state index >= 15 is 0 Å². The van der Waals surface area contributed by atoms with E-state index in [-0.39, 0.29) is 0 Å². The molecule has 0 fully saturated rings. The second-order valence-corrected chi connectivity index (χ2v) is 2.59. The number of aromatic amines is 1.